The molecule has 0 aliphatic rings. The van der Waals surface area contributed by atoms with E-state index in [1.165, 1.54) is 7.11 Å². The zero-order valence-corrected chi connectivity index (χ0v) is 13.7. The highest BCUT2D eigenvalue weighted by atomic mass is 16.6. The number of benzene rings is 2. The average molecular weight is 361 g/mol. The van der Waals surface area contributed by atoms with Gasteiger partial charge in [-0.1, -0.05) is 0 Å². The number of carbonyl (C=O) groups is 1. The van der Waals surface area contributed by atoms with Gasteiger partial charge >= 0.3 is 0 Å². The van der Waals surface area contributed by atoms with Crippen LogP contribution in [0, 0.1) is 20.2 Å². The molecular formula is C16H15N3O7. The Morgan fingerprint density at radius 1 is 1.08 bits per heavy atom. The zero-order valence-electron chi connectivity index (χ0n) is 13.7. The smallest absolute Gasteiger partial charge is 0.280 e. The molecule has 0 aromatic heterocycles. The van der Waals surface area contributed by atoms with Crippen LogP contribution >= 0.6 is 0 Å². The van der Waals surface area contributed by atoms with E-state index in [0.29, 0.717) is 11.5 Å². The summed E-state index contributed by atoms with van der Waals surface area (Å²) in [6.07, 6.45) is -0.0292. The lowest BCUT2D eigenvalue weighted by molar-refractivity contribution is -0.394. The highest BCUT2D eigenvalue weighted by Crippen LogP contribution is 2.29. The number of ether oxygens (including phenoxy) is 2. The summed E-state index contributed by atoms with van der Waals surface area (Å²) in [6, 6.07) is 8.39. The maximum absolute atomic E-state index is 11.6. The van der Waals surface area contributed by atoms with Gasteiger partial charge in [-0.3, -0.25) is 25.0 Å². The number of rotatable bonds is 8. The summed E-state index contributed by atoms with van der Waals surface area (Å²) < 4.78 is 10.5. The number of nitrogens with two attached hydrogens (primary N) is 1. The average Bonchev–Trinajstić information content (AvgIpc) is 2.61. The number of hydrogen-bond acceptors (Lipinski definition) is 7. The second-order valence-corrected chi connectivity index (χ2v) is 5.14. The molecular weight excluding hydrogens is 346 g/mol. The topological polar surface area (TPSA) is 148 Å². The molecule has 0 spiro atoms. The zero-order chi connectivity index (χ0) is 19.3. The normalized spacial score (nSPS) is 10.2. The predicted octanol–water partition coefficient (Wildman–Crippen LogP) is 2.23. The van der Waals surface area contributed by atoms with Crippen molar-refractivity contribution in [3.63, 3.8) is 0 Å². The fourth-order valence-electron chi connectivity index (χ4n) is 2.34. The van der Waals surface area contributed by atoms with Crippen molar-refractivity contribution in [2.24, 2.45) is 5.73 Å². The first kappa shape index (κ1) is 18.6. The van der Waals surface area contributed by atoms with Crippen LogP contribution in [-0.2, 0) is 6.42 Å². The number of nitrogens with zero attached hydrogens (tertiary/aromatic N) is 2. The third kappa shape index (κ3) is 4.23. The molecule has 0 atom stereocenters. The van der Waals surface area contributed by atoms with Gasteiger partial charge in [-0.25, -0.2) is 0 Å². The van der Waals surface area contributed by atoms with Crippen LogP contribution in [-0.4, -0.2) is 29.5 Å². The van der Waals surface area contributed by atoms with Crippen molar-refractivity contribution in [2.45, 2.75) is 6.42 Å². The molecule has 0 radical (unpaired) electrons. The number of nitro benzene ring substituents is 2. The molecule has 0 saturated heterocycles. The van der Waals surface area contributed by atoms with E-state index in [9.17, 15) is 25.0 Å². The minimum absolute atomic E-state index is 0.00522. The van der Waals surface area contributed by atoms with Crippen molar-refractivity contribution in [2.75, 3.05) is 13.7 Å². The number of amides is 1. The third-order valence-electron chi connectivity index (χ3n) is 3.56. The van der Waals surface area contributed by atoms with Crippen molar-refractivity contribution in [1.82, 2.24) is 0 Å². The van der Waals surface area contributed by atoms with Crippen molar-refractivity contribution < 1.29 is 24.1 Å². The minimum Gasteiger partial charge on any atom is -0.497 e. The van der Waals surface area contributed by atoms with Crippen molar-refractivity contribution in [1.29, 1.82) is 0 Å². The summed E-state index contributed by atoms with van der Waals surface area (Å²) in [4.78, 5) is 32.1. The number of non-ortho nitro benzene ring substituents is 1. The quantitative estimate of drug-likeness (QED) is 0.560. The van der Waals surface area contributed by atoms with E-state index >= 15 is 0 Å². The van der Waals surface area contributed by atoms with Crippen LogP contribution in [0.5, 0.6) is 11.5 Å². The molecule has 2 aromatic rings. The van der Waals surface area contributed by atoms with Crippen molar-refractivity contribution >= 4 is 17.3 Å². The molecule has 0 aliphatic carbocycles. The summed E-state index contributed by atoms with van der Waals surface area (Å²) >= 11 is 0. The molecule has 10 heteroatoms. The van der Waals surface area contributed by atoms with E-state index in [2.05, 4.69) is 0 Å². The van der Waals surface area contributed by atoms with E-state index in [-0.39, 0.29) is 24.2 Å². The summed E-state index contributed by atoms with van der Waals surface area (Å²) in [5.41, 5.74) is 3.81. The molecule has 0 saturated carbocycles. The van der Waals surface area contributed by atoms with Gasteiger partial charge in [0.2, 0.25) is 5.91 Å². The standard InChI is InChI=1S/C16H15N3O7/c1-25-11-2-4-12(5-3-11)26-7-6-13-14(16(17)20)8-10(18(21)22)9-15(13)19(23)24/h2-5,8-9H,6-7H2,1H3,(H2,17,20). The van der Waals surface area contributed by atoms with Crippen LogP contribution in [0.15, 0.2) is 36.4 Å². The maximum Gasteiger partial charge on any atom is 0.280 e. The summed E-state index contributed by atoms with van der Waals surface area (Å²) in [6.45, 7) is 0.00522. The minimum atomic E-state index is -0.990. The Hall–Kier alpha value is -3.69. The Morgan fingerprint density at radius 3 is 2.19 bits per heavy atom. The van der Waals surface area contributed by atoms with Gasteiger partial charge in [0.05, 0.1) is 35.2 Å². The van der Waals surface area contributed by atoms with Gasteiger partial charge in [0.1, 0.15) is 11.5 Å². The molecule has 136 valence electrons. The van der Waals surface area contributed by atoms with Gasteiger partial charge in [0.15, 0.2) is 0 Å². The highest BCUT2D eigenvalue weighted by molar-refractivity contribution is 5.96. The first-order valence-electron chi connectivity index (χ1n) is 7.36. The third-order valence-corrected chi connectivity index (χ3v) is 3.56. The molecule has 26 heavy (non-hydrogen) atoms. The molecule has 0 fully saturated rings. The van der Waals surface area contributed by atoms with Crippen LogP contribution in [0.3, 0.4) is 0 Å². The Balaban J connectivity index is 2.27. The molecule has 2 N–H and O–H groups in total. The van der Waals surface area contributed by atoms with Gasteiger partial charge in [-0.2, -0.15) is 0 Å². The van der Waals surface area contributed by atoms with E-state index in [1.54, 1.807) is 24.3 Å². The summed E-state index contributed by atoms with van der Waals surface area (Å²) in [5.74, 6) is 0.145. The van der Waals surface area contributed by atoms with Gasteiger partial charge in [-0.05, 0) is 24.3 Å². The second kappa shape index (κ2) is 7.92. The monoisotopic (exact) mass is 361 g/mol. The number of methoxy groups -OCH3 is 1. The molecule has 1 amide bonds. The summed E-state index contributed by atoms with van der Waals surface area (Å²) in [7, 11) is 1.52. The van der Waals surface area contributed by atoms with E-state index in [1.807, 2.05) is 0 Å². The molecule has 2 rings (SSSR count). The lowest BCUT2D eigenvalue weighted by atomic mass is 10.0. The molecule has 0 bridgehead atoms. The fraction of sp³-hybridized carbons (Fsp3) is 0.188. The number of nitro groups is 2. The van der Waals surface area contributed by atoms with Crippen LogP contribution < -0.4 is 15.2 Å². The molecule has 2 aromatic carbocycles. The van der Waals surface area contributed by atoms with E-state index < -0.39 is 27.1 Å². The predicted molar refractivity (Wildman–Crippen MR) is 90.5 cm³/mol. The van der Waals surface area contributed by atoms with Crippen LogP contribution in [0.25, 0.3) is 0 Å². The van der Waals surface area contributed by atoms with Gasteiger partial charge in [0, 0.05) is 18.1 Å². The van der Waals surface area contributed by atoms with E-state index in [4.69, 9.17) is 15.2 Å². The second-order valence-electron chi connectivity index (χ2n) is 5.14. The number of primary amides is 1. The molecule has 10 nitrogen and oxygen atoms in total. The maximum atomic E-state index is 11.6. The fourth-order valence-corrected chi connectivity index (χ4v) is 2.34. The highest BCUT2D eigenvalue weighted by Gasteiger charge is 2.26. The number of hydrogen-bond donors (Lipinski definition) is 1. The Labute approximate surface area is 147 Å². The van der Waals surface area contributed by atoms with Crippen molar-refractivity contribution in [3.8, 4) is 11.5 Å². The molecule has 0 aliphatic heterocycles. The van der Waals surface area contributed by atoms with Crippen LogP contribution in [0.4, 0.5) is 11.4 Å². The lowest BCUT2D eigenvalue weighted by Crippen LogP contribution is -2.17. The Kier molecular flexibility index (Phi) is 5.68. The van der Waals surface area contributed by atoms with Crippen LogP contribution in [0.1, 0.15) is 15.9 Å². The summed E-state index contributed by atoms with van der Waals surface area (Å²) in [5, 5.41) is 22.2. The first-order valence-corrected chi connectivity index (χ1v) is 7.36. The SMILES string of the molecule is COc1ccc(OCCc2c(C(N)=O)cc([N+](=O)[O-])cc2[N+](=O)[O-])cc1. The Morgan fingerprint density at radius 2 is 1.69 bits per heavy atom. The van der Waals surface area contributed by atoms with Gasteiger partial charge < -0.3 is 15.2 Å². The number of carbonyl (C=O) groups excluding carboxylic acids is 1. The first-order chi connectivity index (χ1) is 12.3. The van der Waals surface area contributed by atoms with Gasteiger partial charge in [-0.15, -0.1) is 0 Å². The van der Waals surface area contributed by atoms with Crippen LogP contribution in [0.2, 0.25) is 0 Å². The van der Waals surface area contributed by atoms with E-state index in [0.717, 1.165) is 12.1 Å². The molecule has 0 unspecified atom stereocenters. The Bertz CT molecular complexity index is 814. The lowest BCUT2D eigenvalue weighted by Gasteiger charge is -2.10. The largest absolute Gasteiger partial charge is 0.497 e. The molecule has 0 heterocycles. The van der Waals surface area contributed by atoms with Crippen molar-refractivity contribution in [3.05, 3.63) is 67.8 Å². The van der Waals surface area contributed by atoms with Gasteiger partial charge in [0.25, 0.3) is 11.4 Å².